The lowest BCUT2D eigenvalue weighted by Crippen LogP contribution is -2.53. The molecule has 6 nitrogen and oxygen atoms in total. The molecule has 1 aromatic carbocycles. The number of amides is 1. The minimum atomic E-state index is -3.21. The summed E-state index contributed by atoms with van der Waals surface area (Å²) < 4.78 is 30.3. The standard InChI is InChI=1S/C16H23ClN2O4S/c1-4-14(23-15-11-12(2)5-6-13(15)17)16(20)18-7-9-19(10-8-18)24(3,21)22/h5-6,11,14H,4,7-10H2,1-3H3/t14-/m0/s1. The van der Waals surface area contributed by atoms with Gasteiger partial charge in [0.1, 0.15) is 5.75 Å². The summed E-state index contributed by atoms with van der Waals surface area (Å²) in [6, 6.07) is 5.43. The van der Waals surface area contributed by atoms with Gasteiger partial charge in [0.15, 0.2) is 6.10 Å². The van der Waals surface area contributed by atoms with Crippen molar-refractivity contribution in [2.75, 3.05) is 32.4 Å². The molecule has 0 aliphatic carbocycles. The van der Waals surface area contributed by atoms with Crippen LogP contribution in [-0.4, -0.2) is 62.1 Å². The van der Waals surface area contributed by atoms with Gasteiger partial charge < -0.3 is 9.64 Å². The number of nitrogens with zero attached hydrogens (tertiary/aromatic N) is 2. The number of sulfonamides is 1. The molecule has 134 valence electrons. The number of carbonyl (C=O) groups is 1. The van der Waals surface area contributed by atoms with Crippen LogP contribution in [0.2, 0.25) is 5.02 Å². The van der Waals surface area contributed by atoms with Gasteiger partial charge >= 0.3 is 0 Å². The molecule has 1 atom stereocenters. The summed E-state index contributed by atoms with van der Waals surface area (Å²) in [7, 11) is -3.21. The maximum absolute atomic E-state index is 12.7. The highest BCUT2D eigenvalue weighted by Gasteiger charge is 2.30. The number of hydrogen-bond donors (Lipinski definition) is 0. The Labute approximate surface area is 148 Å². The van der Waals surface area contributed by atoms with E-state index in [4.69, 9.17) is 16.3 Å². The first-order chi connectivity index (χ1) is 11.2. The Morgan fingerprint density at radius 2 is 1.92 bits per heavy atom. The Morgan fingerprint density at radius 1 is 1.29 bits per heavy atom. The lowest BCUT2D eigenvalue weighted by atomic mass is 10.2. The number of carbonyl (C=O) groups excluding carboxylic acids is 1. The maximum atomic E-state index is 12.7. The summed E-state index contributed by atoms with van der Waals surface area (Å²) in [5.74, 6) is 0.356. The van der Waals surface area contributed by atoms with Crippen molar-refractivity contribution in [1.29, 1.82) is 0 Å². The van der Waals surface area contributed by atoms with E-state index >= 15 is 0 Å². The van der Waals surface area contributed by atoms with Crippen molar-refractivity contribution in [3.63, 3.8) is 0 Å². The van der Waals surface area contributed by atoms with Gasteiger partial charge in [-0.3, -0.25) is 4.79 Å². The summed E-state index contributed by atoms with van der Waals surface area (Å²) in [6.45, 7) is 5.16. The zero-order valence-corrected chi connectivity index (χ0v) is 15.7. The van der Waals surface area contributed by atoms with Gasteiger partial charge in [0, 0.05) is 26.2 Å². The molecule has 1 aliphatic rings. The second kappa shape index (κ2) is 7.72. The van der Waals surface area contributed by atoms with Gasteiger partial charge in [-0.2, -0.15) is 4.31 Å². The van der Waals surface area contributed by atoms with E-state index in [0.717, 1.165) is 5.56 Å². The summed E-state index contributed by atoms with van der Waals surface area (Å²) in [4.78, 5) is 14.3. The SMILES string of the molecule is CC[C@H](Oc1cc(C)ccc1Cl)C(=O)N1CCN(S(C)(=O)=O)CC1. The smallest absolute Gasteiger partial charge is 0.263 e. The van der Waals surface area contributed by atoms with Gasteiger partial charge in [-0.25, -0.2) is 8.42 Å². The highest BCUT2D eigenvalue weighted by molar-refractivity contribution is 7.88. The Balaban J connectivity index is 2.03. The molecule has 0 N–H and O–H groups in total. The molecule has 1 aliphatic heterocycles. The molecule has 0 aromatic heterocycles. The van der Waals surface area contributed by atoms with Gasteiger partial charge in [0.05, 0.1) is 11.3 Å². The molecule has 0 radical (unpaired) electrons. The Kier molecular flexibility index (Phi) is 6.11. The third-order valence-corrected chi connectivity index (χ3v) is 5.64. The molecule has 1 aromatic rings. The van der Waals surface area contributed by atoms with E-state index in [1.165, 1.54) is 10.6 Å². The van der Waals surface area contributed by atoms with Crippen molar-refractivity contribution in [1.82, 2.24) is 9.21 Å². The first-order valence-corrected chi connectivity index (χ1v) is 10.1. The summed E-state index contributed by atoms with van der Waals surface area (Å²) in [6.07, 6.45) is 1.06. The number of halogens is 1. The van der Waals surface area contributed by atoms with Crippen LogP contribution in [0.5, 0.6) is 5.75 Å². The van der Waals surface area contributed by atoms with Gasteiger partial charge in [-0.05, 0) is 31.0 Å². The average Bonchev–Trinajstić information content (AvgIpc) is 2.54. The number of aryl methyl sites for hydroxylation is 1. The zero-order chi connectivity index (χ0) is 17.9. The molecule has 1 saturated heterocycles. The van der Waals surface area contributed by atoms with Crippen LogP contribution in [0.3, 0.4) is 0 Å². The van der Waals surface area contributed by atoms with Crippen molar-refractivity contribution in [3.8, 4) is 5.75 Å². The van der Waals surface area contributed by atoms with Crippen LogP contribution in [-0.2, 0) is 14.8 Å². The van der Waals surface area contributed by atoms with Gasteiger partial charge in [-0.15, -0.1) is 0 Å². The van der Waals surface area contributed by atoms with Crippen molar-refractivity contribution < 1.29 is 17.9 Å². The first kappa shape index (κ1) is 19.0. The van der Waals surface area contributed by atoms with E-state index in [0.29, 0.717) is 43.4 Å². The third kappa shape index (κ3) is 4.62. The number of rotatable bonds is 5. The second-order valence-corrected chi connectivity index (χ2v) is 8.33. The normalized spacial score (nSPS) is 17.6. The lowest BCUT2D eigenvalue weighted by molar-refractivity contribution is -0.140. The molecule has 2 rings (SSSR count). The Bertz CT molecular complexity index is 700. The molecule has 0 spiro atoms. The van der Waals surface area contributed by atoms with Crippen LogP contribution in [0, 0.1) is 6.92 Å². The van der Waals surface area contributed by atoms with Gasteiger partial charge in [0.25, 0.3) is 5.91 Å². The predicted molar refractivity (Wildman–Crippen MR) is 93.9 cm³/mol. The number of ether oxygens (including phenoxy) is 1. The van der Waals surface area contributed by atoms with Crippen molar-refractivity contribution in [2.45, 2.75) is 26.4 Å². The third-order valence-electron chi connectivity index (χ3n) is 4.02. The largest absolute Gasteiger partial charge is 0.479 e. The quantitative estimate of drug-likeness (QED) is 0.789. The maximum Gasteiger partial charge on any atom is 0.263 e. The van der Waals surface area contributed by atoms with Crippen molar-refractivity contribution >= 4 is 27.5 Å². The van der Waals surface area contributed by atoms with Crippen molar-refractivity contribution in [2.24, 2.45) is 0 Å². The summed E-state index contributed by atoms with van der Waals surface area (Å²) in [5, 5.41) is 0.466. The number of hydrogen-bond acceptors (Lipinski definition) is 4. The van der Waals surface area contributed by atoms with E-state index in [9.17, 15) is 13.2 Å². The van der Waals surface area contributed by atoms with Crippen LogP contribution in [0.25, 0.3) is 0 Å². The summed E-state index contributed by atoms with van der Waals surface area (Å²) in [5.41, 5.74) is 0.999. The minimum Gasteiger partial charge on any atom is -0.479 e. The Morgan fingerprint density at radius 3 is 2.46 bits per heavy atom. The fourth-order valence-corrected chi connectivity index (χ4v) is 3.59. The van der Waals surface area contributed by atoms with E-state index in [2.05, 4.69) is 0 Å². The molecule has 1 heterocycles. The topological polar surface area (TPSA) is 66.9 Å². The van der Waals surface area contributed by atoms with Crippen LogP contribution in [0.4, 0.5) is 0 Å². The van der Waals surface area contributed by atoms with Crippen LogP contribution < -0.4 is 4.74 Å². The fraction of sp³-hybridized carbons (Fsp3) is 0.562. The zero-order valence-electron chi connectivity index (χ0n) is 14.2. The molecule has 0 bridgehead atoms. The minimum absolute atomic E-state index is 0.136. The molecule has 1 amide bonds. The van der Waals surface area contributed by atoms with Gasteiger partial charge in [0.2, 0.25) is 10.0 Å². The van der Waals surface area contributed by atoms with E-state index in [-0.39, 0.29) is 5.91 Å². The van der Waals surface area contributed by atoms with E-state index in [1.807, 2.05) is 19.9 Å². The molecular formula is C16H23ClN2O4S. The van der Waals surface area contributed by atoms with Crippen molar-refractivity contribution in [3.05, 3.63) is 28.8 Å². The fourth-order valence-electron chi connectivity index (χ4n) is 2.61. The number of piperazine rings is 1. The average molecular weight is 375 g/mol. The predicted octanol–water partition coefficient (Wildman–Crippen LogP) is 1.91. The molecule has 0 unspecified atom stereocenters. The van der Waals surface area contributed by atoms with E-state index < -0.39 is 16.1 Å². The first-order valence-electron chi connectivity index (χ1n) is 7.89. The molecule has 8 heteroatoms. The number of benzene rings is 1. The van der Waals surface area contributed by atoms with E-state index in [1.54, 1.807) is 17.0 Å². The Hall–Kier alpha value is -1.31. The summed E-state index contributed by atoms with van der Waals surface area (Å²) >= 11 is 6.13. The van der Waals surface area contributed by atoms with Crippen LogP contribution >= 0.6 is 11.6 Å². The second-order valence-electron chi connectivity index (χ2n) is 5.94. The van der Waals surface area contributed by atoms with Crippen LogP contribution in [0.1, 0.15) is 18.9 Å². The molecule has 1 fully saturated rings. The van der Waals surface area contributed by atoms with Gasteiger partial charge in [-0.1, -0.05) is 24.6 Å². The monoisotopic (exact) mass is 374 g/mol. The molecule has 0 saturated carbocycles. The lowest BCUT2D eigenvalue weighted by Gasteiger charge is -2.35. The van der Waals surface area contributed by atoms with Crippen LogP contribution in [0.15, 0.2) is 18.2 Å². The highest BCUT2D eigenvalue weighted by Crippen LogP contribution is 2.27. The highest BCUT2D eigenvalue weighted by atomic mass is 35.5. The molecule has 24 heavy (non-hydrogen) atoms. The molecular weight excluding hydrogens is 352 g/mol.